The summed E-state index contributed by atoms with van der Waals surface area (Å²) in [7, 11) is 0. The molecule has 1 aromatic rings. The second kappa shape index (κ2) is 5.34. The summed E-state index contributed by atoms with van der Waals surface area (Å²) < 4.78 is 38.4. The molecule has 1 N–H and O–H groups in total. The Labute approximate surface area is 109 Å². The quantitative estimate of drug-likeness (QED) is 0.848. The van der Waals surface area contributed by atoms with Gasteiger partial charge in [0.15, 0.2) is 0 Å². The molecule has 100 valence electrons. The standard InChI is InChI=1S/C12H14ClF3N2/c13-7-8-3-1-5-10(8)18-11-9(12(14,15)16)4-2-6-17-11/h2,4,6,8,10H,1,3,5,7H2,(H,17,18). The first-order chi connectivity index (χ1) is 8.52. The van der Waals surface area contributed by atoms with E-state index in [9.17, 15) is 13.2 Å². The SMILES string of the molecule is FC(F)(F)c1cccnc1NC1CCCC1CCl. The molecule has 0 radical (unpaired) electrons. The van der Waals surface area contributed by atoms with Gasteiger partial charge >= 0.3 is 6.18 Å². The molecule has 0 bridgehead atoms. The zero-order valence-corrected chi connectivity index (χ0v) is 10.4. The van der Waals surface area contributed by atoms with E-state index in [1.807, 2.05) is 0 Å². The lowest BCUT2D eigenvalue weighted by atomic mass is 10.1. The lowest BCUT2D eigenvalue weighted by Crippen LogP contribution is -2.27. The molecule has 2 rings (SSSR count). The van der Waals surface area contributed by atoms with Gasteiger partial charge in [0.1, 0.15) is 5.82 Å². The summed E-state index contributed by atoms with van der Waals surface area (Å²) in [5, 5.41) is 2.90. The number of nitrogens with one attached hydrogen (secondary N) is 1. The highest BCUT2D eigenvalue weighted by molar-refractivity contribution is 6.18. The first-order valence-electron chi connectivity index (χ1n) is 5.87. The maximum Gasteiger partial charge on any atom is 0.419 e. The van der Waals surface area contributed by atoms with Crippen molar-refractivity contribution in [2.24, 2.45) is 5.92 Å². The molecular formula is C12H14ClF3N2. The normalized spacial score (nSPS) is 24.2. The van der Waals surface area contributed by atoms with Gasteiger partial charge in [-0.05, 0) is 30.9 Å². The third-order valence-corrected chi connectivity index (χ3v) is 3.69. The number of alkyl halides is 4. The molecule has 0 spiro atoms. The van der Waals surface area contributed by atoms with Gasteiger partial charge in [-0.2, -0.15) is 13.2 Å². The highest BCUT2D eigenvalue weighted by Gasteiger charge is 2.35. The third kappa shape index (κ3) is 2.88. The van der Waals surface area contributed by atoms with Crippen LogP contribution in [0.3, 0.4) is 0 Å². The third-order valence-electron chi connectivity index (χ3n) is 3.29. The average molecular weight is 279 g/mol. The lowest BCUT2D eigenvalue weighted by Gasteiger charge is -2.21. The van der Waals surface area contributed by atoms with Crippen LogP contribution in [-0.2, 0) is 6.18 Å². The summed E-state index contributed by atoms with van der Waals surface area (Å²) in [5.41, 5.74) is -0.717. The summed E-state index contributed by atoms with van der Waals surface area (Å²) >= 11 is 5.82. The van der Waals surface area contributed by atoms with Crippen LogP contribution in [0.25, 0.3) is 0 Å². The number of pyridine rings is 1. The van der Waals surface area contributed by atoms with Crippen LogP contribution in [0.2, 0.25) is 0 Å². The minimum atomic E-state index is -4.38. The second-order valence-electron chi connectivity index (χ2n) is 4.49. The van der Waals surface area contributed by atoms with Crippen LogP contribution in [0.15, 0.2) is 18.3 Å². The van der Waals surface area contributed by atoms with Gasteiger partial charge in [0.25, 0.3) is 0 Å². The first-order valence-corrected chi connectivity index (χ1v) is 6.40. The van der Waals surface area contributed by atoms with Gasteiger partial charge in [0, 0.05) is 18.1 Å². The Kier molecular flexibility index (Phi) is 4.00. The fourth-order valence-corrected chi connectivity index (χ4v) is 2.71. The average Bonchev–Trinajstić information content (AvgIpc) is 2.75. The van der Waals surface area contributed by atoms with Crippen molar-refractivity contribution in [2.75, 3.05) is 11.2 Å². The highest BCUT2D eigenvalue weighted by Crippen LogP contribution is 2.36. The Hall–Kier alpha value is -0.970. The minimum Gasteiger partial charge on any atom is -0.367 e. The maximum atomic E-state index is 12.8. The first kappa shape index (κ1) is 13.5. The molecule has 2 unspecified atom stereocenters. The minimum absolute atomic E-state index is 0.0153. The molecule has 1 fully saturated rings. The number of rotatable bonds is 3. The largest absolute Gasteiger partial charge is 0.419 e. The Bertz CT molecular complexity index is 409. The molecule has 0 saturated heterocycles. The fraction of sp³-hybridized carbons (Fsp3) is 0.583. The van der Waals surface area contributed by atoms with E-state index < -0.39 is 11.7 Å². The van der Waals surface area contributed by atoms with Crippen LogP contribution >= 0.6 is 11.6 Å². The Morgan fingerprint density at radius 1 is 1.39 bits per heavy atom. The zero-order chi connectivity index (χ0) is 13.2. The molecule has 2 nitrogen and oxygen atoms in total. The molecule has 6 heteroatoms. The van der Waals surface area contributed by atoms with Gasteiger partial charge in [0.05, 0.1) is 5.56 Å². The summed E-state index contributed by atoms with van der Waals surface area (Å²) in [6, 6.07) is 2.32. The smallest absolute Gasteiger partial charge is 0.367 e. The molecule has 18 heavy (non-hydrogen) atoms. The van der Waals surface area contributed by atoms with Crippen LogP contribution in [0.4, 0.5) is 19.0 Å². The maximum absolute atomic E-state index is 12.8. The van der Waals surface area contributed by atoms with Crippen LogP contribution in [-0.4, -0.2) is 16.9 Å². The summed E-state index contributed by atoms with van der Waals surface area (Å²) in [6.45, 7) is 0. The van der Waals surface area contributed by atoms with Crippen LogP contribution < -0.4 is 5.32 Å². The predicted octanol–water partition coefficient (Wildman–Crippen LogP) is 3.92. The molecule has 0 amide bonds. The molecule has 1 aromatic heterocycles. The zero-order valence-electron chi connectivity index (χ0n) is 9.67. The summed E-state index contributed by atoms with van der Waals surface area (Å²) in [4.78, 5) is 3.80. The molecule has 0 aliphatic heterocycles. The van der Waals surface area contributed by atoms with Crippen molar-refractivity contribution >= 4 is 17.4 Å². The monoisotopic (exact) mass is 278 g/mol. The molecule has 0 aromatic carbocycles. The Balaban J connectivity index is 2.19. The van der Waals surface area contributed by atoms with Crippen LogP contribution in [0, 0.1) is 5.92 Å². The van der Waals surface area contributed by atoms with Gasteiger partial charge in [-0.25, -0.2) is 4.98 Å². The fourth-order valence-electron chi connectivity index (χ4n) is 2.34. The van der Waals surface area contributed by atoms with Gasteiger partial charge < -0.3 is 5.32 Å². The van der Waals surface area contributed by atoms with Gasteiger partial charge in [-0.15, -0.1) is 11.6 Å². The van der Waals surface area contributed by atoms with Gasteiger partial charge in [-0.1, -0.05) is 6.42 Å². The van der Waals surface area contributed by atoms with Crippen molar-refractivity contribution in [3.8, 4) is 0 Å². The molecule has 1 heterocycles. The number of hydrogen-bond donors (Lipinski definition) is 1. The number of anilines is 1. The summed E-state index contributed by atoms with van der Waals surface area (Å²) in [6.07, 6.45) is -0.238. The van der Waals surface area contributed by atoms with Crippen molar-refractivity contribution < 1.29 is 13.2 Å². The van der Waals surface area contributed by atoms with Crippen molar-refractivity contribution in [1.29, 1.82) is 0 Å². The highest BCUT2D eigenvalue weighted by atomic mass is 35.5. The van der Waals surface area contributed by atoms with Crippen molar-refractivity contribution in [2.45, 2.75) is 31.5 Å². The van der Waals surface area contributed by atoms with Crippen LogP contribution in [0.5, 0.6) is 0 Å². The number of nitrogens with zero attached hydrogens (tertiary/aromatic N) is 1. The molecule has 2 atom stereocenters. The van der Waals surface area contributed by atoms with E-state index in [0.29, 0.717) is 5.88 Å². The Morgan fingerprint density at radius 3 is 2.83 bits per heavy atom. The van der Waals surface area contributed by atoms with E-state index in [1.54, 1.807) is 0 Å². The molecule has 1 saturated carbocycles. The van der Waals surface area contributed by atoms with Gasteiger partial charge in [-0.3, -0.25) is 0 Å². The topological polar surface area (TPSA) is 24.9 Å². The van der Waals surface area contributed by atoms with Crippen LogP contribution in [0.1, 0.15) is 24.8 Å². The van der Waals surface area contributed by atoms with E-state index in [-0.39, 0.29) is 17.8 Å². The van der Waals surface area contributed by atoms with E-state index in [1.165, 1.54) is 12.3 Å². The molecule has 1 aliphatic carbocycles. The Morgan fingerprint density at radius 2 is 2.17 bits per heavy atom. The second-order valence-corrected chi connectivity index (χ2v) is 4.80. The predicted molar refractivity (Wildman–Crippen MR) is 64.7 cm³/mol. The van der Waals surface area contributed by atoms with Gasteiger partial charge in [0.2, 0.25) is 0 Å². The van der Waals surface area contributed by atoms with Crippen molar-refractivity contribution in [3.63, 3.8) is 0 Å². The number of halogens is 4. The van der Waals surface area contributed by atoms with E-state index in [4.69, 9.17) is 11.6 Å². The van der Waals surface area contributed by atoms with E-state index in [2.05, 4.69) is 10.3 Å². The number of aromatic nitrogens is 1. The summed E-state index contributed by atoms with van der Waals surface area (Å²) in [5.74, 6) is 0.591. The lowest BCUT2D eigenvalue weighted by molar-refractivity contribution is -0.137. The number of hydrogen-bond acceptors (Lipinski definition) is 2. The van der Waals surface area contributed by atoms with E-state index in [0.717, 1.165) is 25.3 Å². The molecule has 1 aliphatic rings. The van der Waals surface area contributed by atoms with Crippen molar-refractivity contribution in [1.82, 2.24) is 4.98 Å². The molecular weight excluding hydrogens is 265 g/mol. The van der Waals surface area contributed by atoms with E-state index >= 15 is 0 Å². The van der Waals surface area contributed by atoms with Crippen molar-refractivity contribution in [3.05, 3.63) is 23.9 Å².